The van der Waals surface area contributed by atoms with Gasteiger partial charge in [0.15, 0.2) is 5.13 Å². The molecule has 7 nitrogen and oxygen atoms in total. The third-order valence-corrected chi connectivity index (χ3v) is 7.29. The second-order valence-electron chi connectivity index (χ2n) is 8.48. The maximum absolute atomic E-state index is 13.1. The molecule has 2 atom stereocenters. The number of thiazole rings is 1. The normalized spacial score (nSPS) is 17.3. The fourth-order valence-corrected chi connectivity index (χ4v) is 5.43. The largest absolute Gasteiger partial charge is 0.465 e. The summed E-state index contributed by atoms with van der Waals surface area (Å²) in [4.78, 5) is 35.3. The lowest BCUT2D eigenvalue weighted by atomic mass is 9.75. The zero-order valence-electron chi connectivity index (χ0n) is 21.1. The molecule has 1 N–H and O–H groups in total. The average Bonchev–Trinajstić information content (AvgIpc) is 3.32. The molecule has 0 aliphatic carbocycles. The van der Waals surface area contributed by atoms with E-state index in [0.29, 0.717) is 17.0 Å². The molecule has 37 heavy (non-hydrogen) atoms. The van der Waals surface area contributed by atoms with E-state index >= 15 is 0 Å². The van der Waals surface area contributed by atoms with Crippen LogP contribution in [0.25, 0.3) is 11.3 Å². The van der Waals surface area contributed by atoms with Crippen LogP contribution in [-0.4, -0.2) is 35.8 Å². The lowest BCUT2D eigenvalue weighted by Crippen LogP contribution is -2.36. The lowest BCUT2D eigenvalue weighted by Gasteiger charge is -2.31. The maximum atomic E-state index is 13.1. The molecule has 2 unspecified atom stereocenters. The summed E-state index contributed by atoms with van der Waals surface area (Å²) >= 11 is 4.96. The molecule has 0 spiro atoms. The summed E-state index contributed by atoms with van der Waals surface area (Å²) < 4.78 is 11.8. The van der Waals surface area contributed by atoms with Gasteiger partial charge in [-0.3, -0.25) is 9.79 Å². The molecule has 0 fully saturated rings. The summed E-state index contributed by atoms with van der Waals surface area (Å²) in [5.74, 6) is -2.22. The number of aromatic nitrogens is 1. The lowest BCUT2D eigenvalue weighted by molar-refractivity contribution is -0.146. The van der Waals surface area contributed by atoms with Crippen LogP contribution in [0.1, 0.15) is 39.2 Å². The summed E-state index contributed by atoms with van der Waals surface area (Å²) in [7, 11) is 0. The molecule has 3 aromatic rings. The number of carbonyl (C=O) groups excluding carboxylic acids is 2. The van der Waals surface area contributed by atoms with Crippen molar-refractivity contribution >= 4 is 55.7 Å². The minimum atomic E-state index is -0.734. The Morgan fingerprint density at radius 2 is 1.78 bits per heavy atom. The molecule has 0 amide bonds. The number of nitrogens with zero attached hydrogens (tertiary/aromatic N) is 2. The van der Waals surface area contributed by atoms with E-state index in [1.54, 1.807) is 27.7 Å². The molecule has 2 heterocycles. The first-order chi connectivity index (χ1) is 17.8. The Morgan fingerprint density at radius 3 is 2.49 bits per heavy atom. The number of ether oxygens (including phenoxy) is 2. The number of carbonyl (C=O) groups is 2. The van der Waals surface area contributed by atoms with Crippen LogP contribution in [0, 0.1) is 5.92 Å². The Bertz CT molecular complexity index is 1360. The summed E-state index contributed by atoms with van der Waals surface area (Å²) in [6.45, 7) is 7.54. The number of halogens is 1. The number of anilines is 2. The molecule has 0 saturated carbocycles. The zero-order valence-corrected chi connectivity index (χ0v) is 23.5. The van der Waals surface area contributed by atoms with E-state index < -0.39 is 23.8 Å². The molecule has 4 rings (SSSR count). The number of allylic oxidation sites excluding steroid dienone is 1. The van der Waals surface area contributed by atoms with Gasteiger partial charge in [-0.1, -0.05) is 40.2 Å². The first-order valence-corrected chi connectivity index (χ1v) is 13.7. The molecule has 1 aliphatic heterocycles. The van der Waals surface area contributed by atoms with Crippen molar-refractivity contribution in [1.82, 2.24) is 4.98 Å². The van der Waals surface area contributed by atoms with Crippen molar-refractivity contribution in [2.45, 2.75) is 33.6 Å². The van der Waals surface area contributed by atoms with Crippen molar-refractivity contribution in [2.24, 2.45) is 10.9 Å². The molecule has 0 bridgehead atoms. The monoisotopic (exact) mass is 581 g/mol. The van der Waals surface area contributed by atoms with Crippen LogP contribution in [0.2, 0.25) is 0 Å². The van der Waals surface area contributed by atoms with Crippen molar-refractivity contribution in [3.05, 3.63) is 75.2 Å². The molecular formula is C28H28BrN3O4S. The number of rotatable bonds is 8. The Kier molecular flexibility index (Phi) is 8.56. The van der Waals surface area contributed by atoms with Crippen LogP contribution in [-0.2, 0) is 19.1 Å². The highest BCUT2D eigenvalue weighted by molar-refractivity contribution is 9.10. The number of aliphatic imine (C=N–C) groups is 1. The van der Waals surface area contributed by atoms with Gasteiger partial charge >= 0.3 is 11.9 Å². The third kappa shape index (κ3) is 5.99. The highest BCUT2D eigenvalue weighted by Crippen LogP contribution is 2.41. The number of benzene rings is 2. The van der Waals surface area contributed by atoms with Gasteiger partial charge in [0.25, 0.3) is 0 Å². The van der Waals surface area contributed by atoms with Gasteiger partial charge in [-0.05, 0) is 57.5 Å². The molecule has 9 heteroatoms. The number of nitrogens with one attached hydrogen (secondary N) is 1. The molecule has 2 aromatic carbocycles. The van der Waals surface area contributed by atoms with E-state index in [1.165, 1.54) is 11.3 Å². The van der Waals surface area contributed by atoms with Crippen LogP contribution in [0.4, 0.5) is 10.8 Å². The topological polar surface area (TPSA) is 89.9 Å². The van der Waals surface area contributed by atoms with Gasteiger partial charge in [0, 0.05) is 38.4 Å². The van der Waals surface area contributed by atoms with Gasteiger partial charge in [0.1, 0.15) is 5.92 Å². The maximum Gasteiger partial charge on any atom is 0.336 e. The van der Waals surface area contributed by atoms with Gasteiger partial charge in [-0.25, -0.2) is 9.78 Å². The van der Waals surface area contributed by atoms with Gasteiger partial charge in [-0.2, -0.15) is 0 Å². The molecule has 0 radical (unpaired) electrons. The van der Waals surface area contributed by atoms with E-state index in [0.717, 1.165) is 32.1 Å². The summed E-state index contributed by atoms with van der Waals surface area (Å²) in [6, 6.07) is 15.6. The summed E-state index contributed by atoms with van der Waals surface area (Å²) in [5, 5.41) is 6.10. The van der Waals surface area contributed by atoms with Crippen molar-refractivity contribution in [2.75, 3.05) is 18.5 Å². The third-order valence-electron chi connectivity index (χ3n) is 6.01. The van der Waals surface area contributed by atoms with Crippen molar-refractivity contribution < 1.29 is 19.1 Å². The average molecular weight is 583 g/mol. The van der Waals surface area contributed by atoms with Crippen LogP contribution in [0.3, 0.4) is 0 Å². The first-order valence-electron chi connectivity index (χ1n) is 12.0. The van der Waals surface area contributed by atoms with E-state index in [-0.39, 0.29) is 13.2 Å². The predicted molar refractivity (Wildman–Crippen MR) is 150 cm³/mol. The van der Waals surface area contributed by atoms with Crippen molar-refractivity contribution in [3.8, 4) is 11.3 Å². The number of hydrogen-bond acceptors (Lipinski definition) is 8. The highest BCUT2D eigenvalue weighted by atomic mass is 79.9. The molecule has 1 aromatic heterocycles. The smallest absolute Gasteiger partial charge is 0.336 e. The predicted octanol–water partition coefficient (Wildman–Crippen LogP) is 6.89. The molecular weight excluding hydrogens is 554 g/mol. The van der Waals surface area contributed by atoms with Crippen LogP contribution in [0.5, 0.6) is 0 Å². The van der Waals surface area contributed by atoms with Gasteiger partial charge < -0.3 is 14.8 Å². The fraction of sp³-hybridized carbons (Fsp3) is 0.286. The van der Waals surface area contributed by atoms with E-state index in [2.05, 4.69) is 26.2 Å². The zero-order chi connectivity index (χ0) is 26.5. The number of esters is 2. The van der Waals surface area contributed by atoms with Crippen LogP contribution < -0.4 is 5.32 Å². The second-order valence-corrected chi connectivity index (χ2v) is 10.2. The van der Waals surface area contributed by atoms with Crippen molar-refractivity contribution in [3.63, 3.8) is 0 Å². The Balaban J connectivity index is 1.68. The Morgan fingerprint density at radius 1 is 1.05 bits per heavy atom. The van der Waals surface area contributed by atoms with Gasteiger partial charge in [0.2, 0.25) is 0 Å². The van der Waals surface area contributed by atoms with E-state index in [9.17, 15) is 9.59 Å². The van der Waals surface area contributed by atoms with Crippen LogP contribution in [0.15, 0.2) is 74.6 Å². The summed E-state index contributed by atoms with van der Waals surface area (Å²) in [6.07, 6.45) is 0. The van der Waals surface area contributed by atoms with Gasteiger partial charge in [0.05, 0.1) is 24.5 Å². The highest BCUT2D eigenvalue weighted by Gasteiger charge is 2.42. The van der Waals surface area contributed by atoms with Crippen LogP contribution >= 0.6 is 27.3 Å². The van der Waals surface area contributed by atoms with Crippen molar-refractivity contribution in [1.29, 1.82) is 0 Å². The Labute approximate surface area is 228 Å². The Hall–Kier alpha value is -3.30. The second kappa shape index (κ2) is 11.8. The number of hydrogen-bond donors (Lipinski definition) is 1. The minimum absolute atomic E-state index is 0.224. The SMILES string of the molecule is CCOC(=O)C1=C(C)N=C(C)C(C(=O)OCC)C1c1cccc(Nc2nc(-c3ccc(Br)cc3)cs2)c1. The molecule has 0 saturated heterocycles. The molecule has 192 valence electrons. The van der Waals surface area contributed by atoms with Gasteiger partial charge in [-0.15, -0.1) is 11.3 Å². The molecule has 1 aliphatic rings. The standard InChI is InChI=1S/C28H28BrN3O4S/c1-5-35-26(33)23-16(3)30-17(4)24(27(34)36-6-2)25(23)19-8-7-9-21(14-19)31-28-32-22(15-37-28)18-10-12-20(29)13-11-18/h7-15,23,25H,5-6H2,1-4H3,(H,31,32). The van der Waals surface area contributed by atoms with E-state index in [4.69, 9.17) is 14.5 Å². The quantitative estimate of drug-likeness (QED) is 0.291. The fourth-order valence-electron chi connectivity index (χ4n) is 4.43. The minimum Gasteiger partial charge on any atom is -0.465 e. The van der Waals surface area contributed by atoms with E-state index in [1.807, 2.05) is 53.9 Å². The summed E-state index contributed by atoms with van der Waals surface area (Å²) in [5.41, 5.74) is 4.98. The first kappa shape index (κ1) is 26.8.